The van der Waals surface area contributed by atoms with E-state index in [4.69, 9.17) is 0 Å². The molecule has 0 aromatic rings. The Bertz CT molecular complexity index is 535. The maximum atomic E-state index is 12.8. The molecule has 2 saturated carbocycles. The normalized spacial score (nSPS) is 35.7. The van der Waals surface area contributed by atoms with Gasteiger partial charge in [0.2, 0.25) is 5.91 Å². The molecule has 118 valence electrons. The standard InChI is InChI=1S/C15H24N2O3S/c18-14-15(7-8-15)16-13(11-3-1-2-4-11)17(14)12-5-9-21(19,20)10-6-12/h11-13,16H,1-10H2. The third-order valence-corrected chi connectivity index (χ3v) is 7.60. The molecule has 0 aromatic carbocycles. The molecule has 1 amide bonds. The summed E-state index contributed by atoms with van der Waals surface area (Å²) in [7, 11) is -2.87. The zero-order chi connectivity index (χ0) is 14.7. The molecule has 5 nitrogen and oxygen atoms in total. The minimum absolute atomic E-state index is 0.124. The van der Waals surface area contributed by atoms with E-state index in [1.807, 2.05) is 0 Å². The van der Waals surface area contributed by atoms with E-state index in [0.29, 0.717) is 18.8 Å². The Morgan fingerprint density at radius 2 is 1.67 bits per heavy atom. The van der Waals surface area contributed by atoms with Crippen LogP contribution in [0.15, 0.2) is 0 Å². The van der Waals surface area contributed by atoms with Crippen LogP contribution in [0, 0.1) is 5.92 Å². The monoisotopic (exact) mass is 312 g/mol. The summed E-state index contributed by atoms with van der Waals surface area (Å²) in [6, 6.07) is 0.124. The van der Waals surface area contributed by atoms with Crippen molar-refractivity contribution < 1.29 is 13.2 Å². The summed E-state index contributed by atoms with van der Waals surface area (Å²) in [5.74, 6) is 1.30. The molecular formula is C15H24N2O3S. The molecule has 4 rings (SSSR count). The number of rotatable bonds is 2. The number of nitrogens with zero attached hydrogens (tertiary/aromatic N) is 1. The summed E-state index contributed by atoms with van der Waals surface area (Å²) < 4.78 is 23.3. The van der Waals surface area contributed by atoms with Crippen molar-refractivity contribution in [3.63, 3.8) is 0 Å². The topological polar surface area (TPSA) is 66.5 Å². The largest absolute Gasteiger partial charge is 0.322 e. The Labute approximate surface area is 126 Å². The van der Waals surface area contributed by atoms with Crippen LogP contribution in [0.3, 0.4) is 0 Å². The number of hydrogen-bond acceptors (Lipinski definition) is 4. The highest BCUT2D eigenvalue weighted by Gasteiger charge is 2.61. The first-order valence-corrected chi connectivity index (χ1v) is 10.1. The first-order valence-electron chi connectivity index (χ1n) is 8.32. The molecule has 2 saturated heterocycles. The molecule has 2 aliphatic heterocycles. The highest BCUT2D eigenvalue weighted by Crippen LogP contribution is 2.47. The van der Waals surface area contributed by atoms with E-state index in [-0.39, 0.29) is 35.2 Å². The van der Waals surface area contributed by atoms with E-state index in [1.165, 1.54) is 25.7 Å². The number of carbonyl (C=O) groups excluding carboxylic acids is 1. The third-order valence-electron chi connectivity index (χ3n) is 5.88. The SMILES string of the molecule is O=C1N(C2CCS(=O)(=O)CC2)C(C2CCCC2)NC12CC2. The van der Waals surface area contributed by atoms with Gasteiger partial charge < -0.3 is 4.90 Å². The molecule has 2 aliphatic carbocycles. The Morgan fingerprint density at radius 1 is 1.05 bits per heavy atom. The van der Waals surface area contributed by atoms with Crippen LogP contribution in [-0.4, -0.2) is 48.5 Å². The molecule has 21 heavy (non-hydrogen) atoms. The molecule has 6 heteroatoms. The average Bonchev–Trinajstić information content (AvgIpc) is 2.92. The summed E-state index contributed by atoms with van der Waals surface area (Å²) in [6.45, 7) is 0. The van der Waals surface area contributed by atoms with Gasteiger partial charge in [0.1, 0.15) is 9.84 Å². The quantitative estimate of drug-likeness (QED) is 0.827. The summed E-state index contributed by atoms with van der Waals surface area (Å²) >= 11 is 0. The number of hydrogen-bond donors (Lipinski definition) is 1. The summed E-state index contributed by atoms with van der Waals surface area (Å²) in [6.07, 6.45) is 8.23. The van der Waals surface area contributed by atoms with Crippen molar-refractivity contribution >= 4 is 15.7 Å². The van der Waals surface area contributed by atoms with Crippen LogP contribution in [0.25, 0.3) is 0 Å². The van der Waals surface area contributed by atoms with Gasteiger partial charge in [0, 0.05) is 6.04 Å². The van der Waals surface area contributed by atoms with E-state index in [9.17, 15) is 13.2 Å². The van der Waals surface area contributed by atoms with Crippen LogP contribution in [0.5, 0.6) is 0 Å². The van der Waals surface area contributed by atoms with Gasteiger partial charge in [-0.2, -0.15) is 0 Å². The van der Waals surface area contributed by atoms with Crippen LogP contribution in [0.4, 0.5) is 0 Å². The van der Waals surface area contributed by atoms with Gasteiger partial charge in [0.05, 0.1) is 23.2 Å². The number of amides is 1. The lowest BCUT2D eigenvalue weighted by Crippen LogP contribution is -2.50. The fourth-order valence-corrected chi connectivity index (χ4v) is 5.90. The minimum atomic E-state index is -2.87. The highest BCUT2D eigenvalue weighted by atomic mass is 32.2. The van der Waals surface area contributed by atoms with Crippen molar-refractivity contribution in [3.05, 3.63) is 0 Å². The van der Waals surface area contributed by atoms with Crippen LogP contribution >= 0.6 is 0 Å². The summed E-state index contributed by atoms with van der Waals surface area (Å²) in [5, 5.41) is 3.63. The molecule has 2 heterocycles. The van der Waals surface area contributed by atoms with Crippen molar-refractivity contribution in [2.45, 2.75) is 69.1 Å². The second kappa shape index (κ2) is 4.69. The Morgan fingerprint density at radius 3 is 2.24 bits per heavy atom. The van der Waals surface area contributed by atoms with Crippen LogP contribution in [0.2, 0.25) is 0 Å². The zero-order valence-electron chi connectivity index (χ0n) is 12.4. The molecule has 0 aromatic heterocycles. The van der Waals surface area contributed by atoms with E-state index in [0.717, 1.165) is 12.8 Å². The van der Waals surface area contributed by atoms with Gasteiger partial charge in [-0.1, -0.05) is 12.8 Å². The summed E-state index contributed by atoms with van der Waals surface area (Å²) in [4.78, 5) is 14.9. The first kappa shape index (κ1) is 14.0. The third kappa shape index (κ3) is 2.31. The van der Waals surface area contributed by atoms with E-state index in [1.54, 1.807) is 0 Å². The smallest absolute Gasteiger partial charge is 0.244 e. The van der Waals surface area contributed by atoms with Gasteiger partial charge in [-0.15, -0.1) is 0 Å². The predicted molar refractivity (Wildman–Crippen MR) is 79.4 cm³/mol. The van der Waals surface area contributed by atoms with Crippen molar-refractivity contribution in [2.24, 2.45) is 5.92 Å². The molecule has 1 unspecified atom stereocenters. The molecule has 0 radical (unpaired) electrons. The van der Waals surface area contributed by atoms with Gasteiger partial charge in [0.15, 0.2) is 0 Å². The van der Waals surface area contributed by atoms with Crippen molar-refractivity contribution in [1.82, 2.24) is 10.2 Å². The van der Waals surface area contributed by atoms with E-state index >= 15 is 0 Å². The summed E-state index contributed by atoms with van der Waals surface area (Å²) in [5.41, 5.74) is -0.274. The number of sulfone groups is 1. The molecule has 4 fully saturated rings. The highest BCUT2D eigenvalue weighted by molar-refractivity contribution is 7.91. The lowest BCUT2D eigenvalue weighted by molar-refractivity contribution is -0.134. The van der Waals surface area contributed by atoms with Gasteiger partial charge in [-0.3, -0.25) is 10.1 Å². The molecule has 1 spiro atoms. The first-order chi connectivity index (χ1) is 10.0. The van der Waals surface area contributed by atoms with Crippen molar-refractivity contribution in [2.75, 3.05) is 11.5 Å². The average molecular weight is 312 g/mol. The molecule has 4 aliphatic rings. The molecular weight excluding hydrogens is 288 g/mol. The Balaban J connectivity index is 1.56. The van der Waals surface area contributed by atoms with Gasteiger partial charge >= 0.3 is 0 Å². The maximum Gasteiger partial charge on any atom is 0.244 e. The van der Waals surface area contributed by atoms with Crippen LogP contribution in [-0.2, 0) is 14.6 Å². The number of carbonyl (C=O) groups is 1. The fraction of sp³-hybridized carbons (Fsp3) is 0.933. The predicted octanol–water partition coefficient (Wildman–Crippen LogP) is 1.04. The lowest BCUT2D eigenvalue weighted by Gasteiger charge is -2.37. The molecule has 1 atom stereocenters. The molecule has 0 bridgehead atoms. The van der Waals surface area contributed by atoms with Crippen molar-refractivity contribution in [3.8, 4) is 0 Å². The molecule has 1 N–H and O–H groups in total. The Kier molecular flexibility index (Phi) is 3.12. The maximum absolute atomic E-state index is 12.8. The van der Waals surface area contributed by atoms with Gasteiger partial charge in [-0.25, -0.2) is 8.42 Å². The minimum Gasteiger partial charge on any atom is -0.322 e. The second-order valence-electron chi connectivity index (χ2n) is 7.31. The van der Waals surface area contributed by atoms with E-state index < -0.39 is 9.84 Å². The van der Waals surface area contributed by atoms with Crippen molar-refractivity contribution in [1.29, 1.82) is 0 Å². The van der Waals surface area contributed by atoms with Gasteiger partial charge in [-0.05, 0) is 44.4 Å². The van der Waals surface area contributed by atoms with Crippen LogP contribution in [0.1, 0.15) is 51.4 Å². The fourth-order valence-electron chi connectivity index (χ4n) is 4.44. The zero-order valence-corrected chi connectivity index (χ0v) is 13.2. The lowest BCUT2D eigenvalue weighted by atomic mass is 10.0. The Hall–Kier alpha value is -0.620. The number of nitrogens with one attached hydrogen (secondary N) is 1. The van der Waals surface area contributed by atoms with Crippen LogP contribution < -0.4 is 5.32 Å². The van der Waals surface area contributed by atoms with E-state index in [2.05, 4.69) is 10.2 Å². The second-order valence-corrected chi connectivity index (χ2v) is 9.61. The van der Waals surface area contributed by atoms with Gasteiger partial charge in [0.25, 0.3) is 0 Å².